The summed E-state index contributed by atoms with van der Waals surface area (Å²) in [6.45, 7) is 0.456. The number of likely N-dealkylation sites (N-methyl/N-ethyl adjacent to an activating group) is 1. The van der Waals surface area contributed by atoms with E-state index >= 15 is 0 Å². The standard InChI is InChI=1S/C19H23ClN2O3S2/c1-22(27(2,24)25)18(16-6-4-3-5-7-16)19(23)21-12-13-26-14-15-8-10-17(20)11-9-15/h3-11,18H,12-14H2,1-2H3,(H,21,23). The molecule has 0 aliphatic carbocycles. The van der Waals surface area contributed by atoms with E-state index in [2.05, 4.69) is 5.32 Å². The average Bonchev–Trinajstić information content (AvgIpc) is 2.63. The highest BCUT2D eigenvalue weighted by atomic mass is 35.5. The van der Waals surface area contributed by atoms with E-state index in [1.807, 2.05) is 30.3 Å². The van der Waals surface area contributed by atoms with Gasteiger partial charge in [0.05, 0.1) is 6.26 Å². The number of nitrogens with one attached hydrogen (secondary N) is 1. The van der Waals surface area contributed by atoms with Crippen LogP contribution in [0.4, 0.5) is 0 Å². The molecular formula is C19H23ClN2O3S2. The molecule has 8 heteroatoms. The minimum absolute atomic E-state index is 0.332. The van der Waals surface area contributed by atoms with E-state index in [1.165, 1.54) is 7.05 Å². The van der Waals surface area contributed by atoms with Crippen LogP contribution in [0.15, 0.2) is 54.6 Å². The van der Waals surface area contributed by atoms with Gasteiger partial charge in [-0.3, -0.25) is 4.79 Å². The topological polar surface area (TPSA) is 66.5 Å². The van der Waals surface area contributed by atoms with Crippen molar-refractivity contribution >= 4 is 39.3 Å². The van der Waals surface area contributed by atoms with Gasteiger partial charge < -0.3 is 5.32 Å². The van der Waals surface area contributed by atoms with Gasteiger partial charge in [0, 0.05) is 30.1 Å². The molecule has 1 amide bonds. The fourth-order valence-corrected chi connectivity index (χ4v) is 4.01. The third-order valence-corrected chi connectivity index (χ3v) is 6.52. The molecule has 0 radical (unpaired) electrons. The molecule has 0 saturated heterocycles. The Morgan fingerprint density at radius 1 is 1.15 bits per heavy atom. The highest BCUT2D eigenvalue weighted by Gasteiger charge is 2.30. The number of benzene rings is 2. The number of amides is 1. The molecule has 0 spiro atoms. The number of halogens is 1. The fraction of sp³-hybridized carbons (Fsp3) is 0.316. The first-order chi connectivity index (χ1) is 12.8. The van der Waals surface area contributed by atoms with Gasteiger partial charge in [0.2, 0.25) is 15.9 Å². The summed E-state index contributed by atoms with van der Waals surface area (Å²) >= 11 is 7.55. The molecule has 0 saturated carbocycles. The number of hydrogen-bond donors (Lipinski definition) is 1. The van der Waals surface area contributed by atoms with Gasteiger partial charge in [-0.1, -0.05) is 54.1 Å². The van der Waals surface area contributed by atoms with E-state index in [9.17, 15) is 13.2 Å². The minimum atomic E-state index is -3.51. The first kappa shape index (κ1) is 21.8. The number of rotatable bonds is 9. The molecule has 2 aromatic carbocycles. The maximum Gasteiger partial charge on any atom is 0.243 e. The van der Waals surface area contributed by atoms with Crippen molar-refractivity contribution in [2.24, 2.45) is 0 Å². The number of sulfonamides is 1. The SMILES string of the molecule is CN(C(C(=O)NCCSCc1ccc(Cl)cc1)c1ccccc1)S(C)(=O)=O. The van der Waals surface area contributed by atoms with Crippen molar-refractivity contribution in [3.63, 3.8) is 0 Å². The van der Waals surface area contributed by atoms with Crippen molar-refractivity contribution < 1.29 is 13.2 Å². The molecule has 0 fully saturated rings. The Kier molecular flexibility index (Phi) is 8.16. The molecule has 146 valence electrons. The van der Waals surface area contributed by atoms with Gasteiger partial charge in [-0.2, -0.15) is 16.1 Å². The van der Waals surface area contributed by atoms with Crippen molar-refractivity contribution in [3.8, 4) is 0 Å². The number of thioether (sulfide) groups is 1. The third-order valence-electron chi connectivity index (χ3n) is 3.98. The average molecular weight is 427 g/mol. The van der Waals surface area contributed by atoms with E-state index in [-0.39, 0.29) is 5.91 Å². The molecule has 0 aromatic heterocycles. The minimum Gasteiger partial charge on any atom is -0.354 e. The lowest BCUT2D eigenvalue weighted by atomic mass is 10.1. The lowest BCUT2D eigenvalue weighted by Gasteiger charge is -2.25. The van der Waals surface area contributed by atoms with Crippen molar-refractivity contribution in [2.45, 2.75) is 11.8 Å². The van der Waals surface area contributed by atoms with Gasteiger partial charge in [-0.05, 0) is 23.3 Å². The lowest BCUT2D eigenvalue weighted by molar-refractivity contribution is -0.124. The zero-order chi connectivity index (χ0) is 19.9. The van der Waals surface area contributed by atoms with Crippen LogP contribution >= 0.6 is 23.4 Å². The van der Waals surface area contributed by atoms with Crippen molar-refractivity contribution in [1.82, 2.24) is 9.62 Å². The van der Waals surface area contributed by atoms with Crippen LogP contribution in [-0.2, 0) is 20.6 Å². The quantitative estimate of drug-likeness (QED) is 0.624. The second-order valence-electron chi connectivity index (χ2n) is 6.06. The molecule has 0 bridgehead atoms. The molecule has 2 aromatic rings. The van der Waals surface area contributed by atoms with Crippen LogP contribution in [0, 0.1) is 0 Å². The Morgan fingerprint density at radius 3 is 2.37 bits per heavy atom. The molecule has 1 atom stereocenters. The maximum absolute atomic E-state index is 12.7. The van der Waals surface area contributed by atoms with Crippen LogP contribution < -0.4 is 5.32 Å². The Bertz CT molecular complexity index is 843. The summed E-state index contributed by atoms with van der Waals surface area (Å²) in [5.74, 6) is 1.21. The lowest BCUT2D eigenvalue weighted by Crippen LogP contribution is -2.41. The van der Waals surface area contributed by atoms with Crippen molar-refractivity contribution in [2.75, 3.05) is 25.6 Å². The van der Waals surface area contributed by atoms with Gasteiger partial charge in [0.1, 0.15) is 6.04 Å². The van der Waals surface area contributed by atoms with Crippen LogP contribution in [0.1, 0.15) is 17.2 Å². The second-order valence-corrected chi connectivity index (χ2v) is 9.65. The first-order valence-electron chi connectivity index (χ1n) is 8.37. The number of nitrogens with zero attached hydrogens (tertiary/aromatic N) is 1. The Hall–Kier alpha value is -1.54. The Balaban J connectivity index is 1.91. The molecule has 0 aliphatic heterocycles. The largest absolute Gasteiger partial charge is 0.354 e. The van der Waals surface area contributed by atoms with Gasteiger partial charge in [0.25, 0.3) is 0 Å². The summed E-state index contributed by atoms with van der Waals surface area (Å²) in [6.07, 6.45) is 1.10. The number of hydrogen-bond acceptors (Lipinski definition) is 4. The van der Waals surface area contributed by atoms with Crippen molar-refractivity contribution in [3.05, 3.63) is 70.7 Å². The van der Waals surface area contributed by atoms with Crippen LogP contribution in [-0.4, -0.2) is 44.2 Å². The monoisotopic (exact) mass is 426 g/mol. The first-order valence-corrected chi connectivity index (χ1v) is 11.7. The highest BCUT2D eigenvalue weighted by Crippen LogP contribution is 2.22. The number of carbonyl (C=O) groups is 1. The summed E-state index contributed by atoms with van der Waals surface area (Å²) in [5.41, 5.74) is 1.80. The van der Waals surface area contributed by atoms with E-state index in [4.69, 9.17) is 11.6 Å². The summed E-state index contributed by atoms with van der Waals surface area (Å²) in [6, 6.07) is 15.7. The molecule has 1 unspecified atom stereocenters. The third kappa shape index (κ3) is 6.84. The van der Waals surface area contributed by atoms with Crippen molar-refractivity contribution in [1.29, 1.82) is 0 Å². The predicted molar refractivity (Wildman–Crippen MR) is 112 cm³/mol. The summed E-state index contributed by atoms with van der Waals surface area (Å²) in [4.78, 5) is 12.7. The summed E-state index contributed by atoms with van der Waals surface area (Å²) < 4.78 is 25.0. The molecule has 1 N–H and O–H groups in total. The molecular weight excluding hydrogens is 404 g/mol. The molecule has 2 rings (SSSR count). The Labute approximate surface area is 170 Å². The molecule has 5 nitrogen and oxygen atoms in total. The molecule has 27 heavy (non-hydrogen) atoms. The summed E-state index contributed by atoms with van der Waals surface area (Å²) in [7, 11) is -2.10. The zero-order valence-electron chi connectivity index (χ0n) is 15.3. The van der Waals surface area contributed by atoms with E-state index in [0.717, 1.165) is 27.6 Å². The van der Waals surface area contributed by atoms with Crippen LogP contribution in [0.2, 0.25) is 5.02 Å². The van der Waals surface area contributed by atoms with Gasteiger partial charge in [-0.15, -0.1) is 0 Å². The smallest absolute Gasteiger partial charge is 0.243 e. The second kappa shape index (κ2) is 10.1. The fourth-order valence-electron chi connectivity index (χ4n) is 2.47. The van der Waals surface area contributed by atoms with Crippen LogP contribution in [0.5, 0.6) is 0 Å². The molecule has 0 aliphatic rings. The van der Waals surface area contributed by atoms with E-state index < -0.39 is 16.1 Å². The normalized spacial score (nSPS) is 12.7. The molecule has 0 heterocycles. The van der Waals surface area contributed by atoms with Crippen LogP contribution in [0.25, 0.3) is 0 Å². The van der Waals surface area contributed by atoms with Gasteiger partial charge >= 0.3 is 0 Å². The van der Waals surface area contributed by atoms with Gasteiger partial charge in [0.15, 0.2) is 0 Å². The number of carbonyl (C=O) groups excluding carboxylic acids is 1. The summed E-state index contributed by atoms with van der Waals surface area (Å²) in [5, 5.41) is 3.55. The Morgan fingerprint density at radius 2 is 1.78 bits per heavy atom. The van der Waals surface area contributed by atoms with Gasteiger partial charge in [-0.25, -0.2) is 8.42 Å². The van der Waals surface area contributed by atoms with E-state index in [1.54, 1.807) is 36.0 Å². The predicted octanol–water partition coefficient (Wildman–Crippen LogP) is 3.32. The van der Waals surface area contributed by atoms with Crippen LogP contribution in [0.3, 0.4) is 0 Å². The van der Waals surface area contributed by atoms with E-state index in [0.29, 0.717) is 17.1 Å². The zero-order valence-corrected chi connectivity index (χ0v) is 17.7. The maximum atomic E-state index is 12.7. The highest BCUT2D eigenvalue weighted by molar-refractivity contribution is 7.98.